The van der Waals surface area contributed by atoms with E-state index in [1.54, 1.807) is 0 Å². The Morgan fingerprint density at radius 3 is 0.143 bits per heavy atom. The molecule has 0 aliphatic carbocycles. The summed E-state index contributed by atoms with van der Waals surface area (Å²) in [6, 6.07) is 0. The Bertz CT molecular complexity index is 44.2. The van der Waals surface area contributed by atoms with Crippen molar-refractivity contribution in [2.45, 2.75) is 0 Å². The Morgan fingerprint density at radius 2 is 0.143 bits per heavy atom. The van der Waals surface area contributed by atoms with E-state index >= 15 is 0 Å². The molecule has 0 fully saturated rings. The fourth-order valence-electron chi connectivity index (χ4n) is 0. The fourth-order valence-corrected chi connectivity index (χ4v) is 0. The summed E-state index contributed by atoms with van der Waals surface area (Å²) in [7, 11) is 0. The van der Waals surface area contributed by atoms with Gasteiger partial charge in [-0.05, 0) is 0 Å². The van der Waals surface area contributed by atoms with Crippen LogP contribution in [0.25, 0.3) is 0 Å². The molecule has 156 valence electrons. The molecule has 0 heterocycles. The van der Waals surface area contributed by atoms with Gasteiger partial charge in [-0.2, -0.15) is 0 Å². The molecule has 28 heteroatoms. The normalized spacial score (nSPS) is 2.14. The van der Waals surface area contributed by atoms with Crippen LogP contribution in [0.5, 0.6) is 0 Å². The molecule has 0 aromatic carbocycles. The van der Waals surface area contributed by atoms with Gasteiger partial charge in [0.2, 0.25) is 0 Å². The van der Waals surface area contributed by atoms with E-state index in [1.165, 1.54) is 0 Å². The summed E-state index contributed by atoms with van der Waals surface area (Å²) in [6.45, 7) is 0. The molecule has 10 N–H and O–H groups in total. The minimum atomic E-state index is 0. The first-order valence-corrected chi connectivity index (χ1v) is 5.07. The van der Waals surface area contributed by atoms with Crippen LogP contribution in [-0.2, 0) is 0 Å². The molecule has 0 aliphatic rings. The zero-order chi connectivity index (χ0) is 20.0. The molecular weight excluding hydrogens is 570 g/mol. The van der Waals surface area contributed by atoms with Crippen LogP contribution in [-0.4, -0.2) is 197 Å². The molecule has 0 saturated heterocycles. The van der Waals surface area contributed by atoms with Gasteiger partial charge in [-0.3, -0.25) is 46.6 Å². The van der Waals surface area contributed by atoms with Crippen molar-refractivity contribution in [3.8, 4) is 0 Å². The molecule has 0 aromatic heterocycles. The van der Waals surface area contributed by atoms with Gasteiger partial charge >= 0.3 is 151 Å². The van der Waals surface area contributed by atoms with Gasteiger partial charge < -0.3 is 0 Å². The molecule has 0 rings (SSSR count). The molecule has 0 bridgehead atoms. The van der Waals surface area contributed by atoms with Crippen molar-refractivity contribution in [1.82, 2.24) is 0 Å². The van der Waals surface area contributed by atoms with Gasteiger partial charge in [0, 0.05) is 0 Å². The molecular formula is H18Cl10Li8O10. The van der Waals surface area contributed by atoms with Gasteiger partial charge in [-0.1, -0.05) is 0 Å². The molecule has 0 atom stereocenters. The van der Waals surface area contributed by atoms with Crippen molar-refractivity contribution < 1.29 is 46.6 Å². The monoisotopic (exact) mass is 584 g/mol. The Morgan fingerprint density at radius 1 is 0.143 bits per heavy atom. The standard InChI is InChI=1S/10ClHO.8Li.8H/c10*1-2;;;;;;;;;;;;;;;;/h10*2H;;;;;;;;;;;;;;;;. The van der Waals surface area contributed by atoms with Crippen LogP contribution in [0.4, 0.5) is 0 Å². The summed E-state index contributed by atoms with van der Waals surface area (Å²) in [5, 5.41) is 0. The first-order valence-electron chi connectivity index (χ1n) is 1.69. The summed E-state index contributed by atoms with van der Waals surface area (Å²) < 4.78 is 64.7. The molecule has 0 saturated carbocycles. The molecule has 0 amide bonds. The molecule has 0 aliphatic heterocycles. The van der Waals surface area contributed by atoms with Gasteiger partial charge in [-0.15, -0.1) is 0 Å². The third-order valence-electron chi connectivity index (χ3n) is 0. The average molecular weight is 588 g/mol. The summed E-state index contributed by atoms with van der Waals surface area (Å²) in [6.07, 6.45) is 0. The van der Waals surface area contributed by atoms with E-state index in [-0.39, 0.29) is 151 Å². The number of hydrogen-bond acceptors (Lipinski definition) is 10. The van der Waals surface area contributed by atoms with Crippen LogP contribution in [0.15, 0.2) is 0 Å². The van der Waals surface area contributed by atoms with Crippen molar-refractivity contribution in [2.75, 3.05) is 0 Å². The second-order valence-electron chi connectivity index (χ2n) is 0. The Hall–Kier alpha value is 7.28. The van der Waals surface area contributed by atoms with Gasteiger partial charge in [0.1, 0.15) is 0 Å². The predicted molar refractivity (Wildman–Crippen MR) is 138 cm³/mol. The SMILES string of the molecule is OCl.OCl.OCl.OCl.OCl.OCl.OCl.OCl.OCl.OCl.[LiH].[LiH].[LiH].[LiH].[LiH].[LiH].[LiH].[LiH]. The zero-order valence-electron chi connectivity index (χ0n) is 8.25. The summed E-state index contributed by atoms with van der Waals surface area (Å²) in [5.74, 6) is 0. The van der Waals surface area contributed by atoms with Crippen molar-refractivity contribution >= 4 is 270 Å². The molecule has 28 heavy (non-hydrogen) atoms. The van der Waals surface area contributed by atoms with Crippen LogP contribution in [0.2, 0.25) is 0 Å². The van der Waals surface area contributed by atoms with Crippen LogP contribution < -0.4 is 0 Å². The second kappa shape index (κ2) is 716. The second-order valence-corrected chi connectivity index (χ2v) is 0. The Labute approximate surface area is 311 Å². The predicted octanol–water partition coefficient (Wildman–Crippen LogP) is -3.86. The first kappa shape index (κ1) is 139. The average Bonchev–Trinajstić information content (AvgIpc) is 2.71. The van der Waals surface area contributed by atoms with E-state index in [0.717, 1.165) is 0 Å². The number of rotatable bonds is 0. The first-order chi connectivity index (χ1) is 10.0. The number of hydrogen-bond donors (Lipinski definition) is 10. The molecule has 0 aromatic rings. The van der Waals surface area contributed by atoms with E-state index in [1.807, 2.05) is 0 Å². The van der Waals surface area contributed by atoms with E-state index < -0.39 is 0 Å². The van der Waals surface area contributed by atoms with Crippen LogP contribution in [0, 0.1) is 0 Å². The third-order valence-corrected chi connectivity index (χ3v) is 0. The van der Waals surface area contributed by atoms with Crippen LogP contribution in [0.3, 0.4) is 0 Å². The topological polar surface area (TPSA) is 202 Å². The minimum absolute atomic E-state index is 0. The molecule has 0 unspecified atom stereocenters. The maximum absolute atomic E-state index is 6.47. The van der Waals surface area contributed by atoms with Crippen molar-refractivity contribution in [3.63, 3.8) is 0 Å². The maximum atomic E-state index is 6.47. The van der Waals surface area contributed by atoms with Gasteiger partial charge in [0.15, 0.2) is 0 Å². The van der Waals surface area contributed by atoms with Gasteiger partial charge in [-0.25, -0.2) is 0 Å². The molecule has 0 spiro atoms. The molecule has 0 radical (unpaired) electrons. The third kappa shape index (κ3) is 654. The fraction of sp³-hybridized carbons (Fsp3) is 0. The Kier molecular flexibility index (Phi) is 3550. The van der Waals surface area contributed by atoms with E-state index in [9.17, 15) is 0 Å². The van der Waals surface area contributed by atoms with Crippen molar-refractivity contribution in [1.29, 1.82) is 0 Å². The Balaban J connectivity index is -0.00000000240. The van der Waals surface area contributed by atoms with Crippen LogP contribution in [0.1, 0.15) is 0 Å². The zero-order valence-corrected chi connectivity index (χ0v) is 15.8. The van der Waals surface area contributed by atoms with Crippen molar-refractivity contribution in [2.24, 2.45) is 0 Å². The quantitative estimate of drug-likeness (QED) is 0.125. The summed E-state index contributed by atoms with van der Waals surface area (Å²) in [4.78, 5) is 0. The van der Waals surface area contributed by atoms with E-state index in [0.29, 0.717) is 0 Å². The van der Waals surface area contributed by atoms with E-state index in [2.05, 4.69) is 119 Å². The van der Waals surface area contributed by atoms with Gasteiger partial charge in [0.05, 0.1) is 119 Å². The summed E-state index contributed by atoms with van der Waals surface area (Å²) >= 11 is 36.4. The van der Waals surface area contributed by atoms with E-state index in [4.69, 9.17) is 46.6 Å². The van der Waals surface area contributed by atoms with Gasteiger partial charge in [0.25, 0.3) is 0 Å². The number of halogens is 10. The van der Waals surface area contributed by atoms with Crippen molar-refractivity contribution in [3.05, 3.63) is 0 Å². The summed E-state index contributed by atoms with van der Waals surface area (Å²) in [5.41, 5.74) is 0. The molecule has 10 nitrogen and oxygen atoms in total. The van der Waals surface area contributed by atoms with Crippen LogP contribution >= 0.6 is 119 Å².